The molecule has 3 heteroatoms. The topological polar surface area (TPSA) is 25.2 Å². The molecule has 0 spiro atoms. The van der Waals surface area contributed by atoms with Crippen LogP contribution in [0.25, 0.3) is 11.0 Å². The summed E-state index contributed by atoms with van der Waals surface area (Å²) in [5.41, 5.74) is 2.34. The lowest BCUT2D eigenvalue weighted by molar-refractivity contribution is 0.506. The molecule has 0 aliphatic carbocycles. The van der Waals surface area contributed by atoms with Crippen LogP contribution in [0.2, 0.25) is 0 Å². The largest absolute Gasteiger partial charge is 0.459 e. The van der Waals surface area contributed by atoms with Crippen molar-refractivity contribution in [1.82, 2.24) is 5.32 Å². The lowest BCUT2D eigenvalue weighted by Crippen LogP contribution is -2.12. The average Bonchev–Trinajstić information content (AvgIpc) is 2.64. The minimum Gasteiger partial charge on any atom is -0.459 e. The Kier molecular flexibility index (Phi) is 4.46. The van der Waals surface area contributed by atoms with Crippen LogP contribution in [-0.2, 0) is 13.0 Å². The Morgan fingerprint density at radius 2 is 2.11 bits per heavy atom. The van der Waals surface area contributed by atoms with Crippen LogP contribution in [0, 0.1) is 5.92 Å². The molecule has 1 aromatic carbocycles. The summed E-state index contributed by atoms with van der Waals surface area (Å²) >= 11 is 3.54. The molecule has 18 heavy (non-hydrogen) atoms. The van der Waals surface area contributed by atoms with Crippen LogP contribution in [0.3, 0.4) is 0 Å². The molecule has 0 saturated carbocycles. The van der Waals surface area contributed by atoms with Crippen molar-refractivity contribution in [3.63, 3.8) is 0 Å². The number of fused-ring (bicyclic) bond motifs is 1. The van der Waals surface area contributed by atoms with E-state index in [1.165, 1.54) is 10.9 Å². The van der Waals surface area contributed by atoms with Gasteiger partial charge in [0.25, 0.3) is 0 Å². The van der Waals surface area contributed by atoms with E-state index in [1.807, 2.05) is 12.1 Å². The third kappa shape index (κ3) is 2.96. The van der Waals surface area contributed by atoms with E-state index < -0.39 is 0 Å². The monoisotopic (exact) mass is 309 g/mol. The van der Waals surface area contributed by atoms with Gasteiger partial charge in [-0.2, -0.15) is 0 Å². The van der Waals surface area contributed by atoms with Gasteiger partial charge in [0.15, 0.2) is 0 Å². The van der Waals surface area contributed by atoms with Crippen molar-refractivity contribution in [2.75, 3.05) is 6.54 Å². The number of rotatable bonds is 5. The fourth-order valence-electron chi connectivity index (χ4n) is 2.18. The van der Waals surface area contributed by atoms with Gasteiger partial charge < -0.3 is 9.73 Å². The Morgan fingerprint density at radius 3 is 2.78 bits per heavy atom. The lowest BCUT2D eigenvalue weighted by Gasteiger charge is -2.06. The Balaban J connectivity index is 2.47. The molecule has 0 aliphatic heterocycles. The maximum Gasteiger partial charge on any atom is 0.134 e. The quantitative estimate of drug-likeness (QED) is 0.879. The van der Waals surface area contributed by atoms with Crippen molar-refractivity contribution in [2.45, 2.75) is 33.7 Å². The molecule has 0 unspecified atom stereocenters. The average molecular weight is 310 g/mol. The predicted octanol–water partition coefficient (Wildman–Crippen LogP) is 4.50. The number of hydrogen-bond acceptors (Lipinski definition) is 2. The molecule has 2 rings (SSSR count). The van der Waals surface area contributed by atoms with E-state index in [9.17, 15) is 0 Å². The Bertz CT molecular complexity index is 531. The summed E-state index contributed by atoms with van der Waals surface area (Å²) in [6.07, 6.45) is 1.06. The molecule has 0 fully saturated rings. The molecule has 0 saturated heterocycles. The van der Waals surface area contributed by atoms with Gasteiger partial charge in [0.2, 0.25) is 0 Å². The Morgan fingerprint density at radius 1 is 1.33 bits per heavy atom. The fraction of sp³-hybridized carbons (Fsp3) is 0.467. The lowest BCUT2D eigenvalue weighted by atomic mass is 10.00. The highest BCUT2D eigenvalue weighted by atomic mass is 79.9. The van der Waals surface area contributed by atoms with E-state index in [1.54, 1.807) is 0 Å². The minimum absolute atomic E-state index is 0.630. The molecule has 98 valence electrons. The van der Waals surface area contributed by atoms with Crippen molar-refractivity contribution >= 4 is 26.9 Å². The maximum atomic E-state index is 5.97. The second-order valence-corrected chi connectivity index (χ2v) is 5.94. The Labute approximate surface area is 117 Å². The Hall–Kier alpha value is -0.800. The van der Waals surface area contributed by atoms with Gasteiger partial charge >= 0.3 is 0 Å². The third-order valence-corrected chi connectivity index (χ3v) is 3.48. The van der Waals surface area contributed by atoms with Gasteiger partial charge in [-0.15, -0.1) is 0 Å². The number of hydrogen-bond donors (Lipinski definition) is 1. The highest BCUT2D eigenvalue weighted by Gasteiger charge is 2.15. The summed E-state index contributed by atoms with van der Waals surface area (Å²) in [6, 6.07) is 6.23. The van der Waals surface area contributed by atoms with Crippen molar-refractivity contribution < 1.29 is 4.42 Å². The van der Waals surface area contributed by atoms with Crippen LogP contribution in [0.15, 0.2) is 27.1 Å². The second kappa shape index (κ2) is 5.89. The number of halogens is 1. The third-order valence-electron chi connectivity index (χ3n) is 2.98. The van der Waals surface area contributed by atoms with E-state index in [-0.39, 0.29) is 0 Å². The molecule has 1 aromatic heterocycles. The van der Waals surface area contributed by atoms with Gasteiger partial charge in [0, 0.05) is 15.4 Å². The molecule has 2 nitrogen and oxygen atoms in total. The standard InChI is InChI=1S/C15H20BrNO/c1-4-17-9-15-12(7-10(2)3)13-8-11(16)5-6-14(13)18-15/h5-6,8,10,17H,4,7,9H2,1-3H3. The highest BCUT2D eigenvalue weighted by molar-refractivity contribution is 9.10. The molecular weight excluding hydrogens is 290 g/mol. The summed E-state index contributed by atoms with van der Waals surface area (Å²) in [5, 5.41) is 4.59. The van der Waals surface area contributed by atoms with Crippen LogP contribution < -0.4 is 5.32 Å². The van der Waals surface area contributed by atoms with Crippen LogP contribution in [0.5, 0.6) is 0 Å². The first-order valence-electron chi connectivity index (χ1n) is 6.52. The van der Waals surface area contributed by atoms with Crippen molar-refractivity contribution in [2.24, 2.45) is 5.92 Å². The minimum atomic E-state index is 0.630. The van der Waals surface area contributed by atoms with Crippen LogP contribution in [0.4, 0.5) is 0 Å². The van der Waals surface area contributed by atoms with Crippen LogP contribution in [0.1, 0.15) is 32.1 Å². The van der Waals surface area contributed by atoms with Gasteiger partial charge in [0.1, 0.15) is 11.3 Å². The van der Waals surface area contributed by atoms with Gasteiger partial charge in [-0.1, -0.05) is 36.7 Å². The molecule has 0 amide bonds. The van der Waals surface area contributed by atoms with Gasteiger partial charge in [-0.05, 0) is 37.1 Å². The zero-order valence-corrected chi connectivity index (χ0v) is 12.8. The maximum absolute atomic E-state index is 5.97. The summed E-state index contributed by atoms with van der Waals surface area (Å²) in [4.78, 5) is 0. The van der Waals surface area contributed by atoms with Crippen molar-refractivity contribution in [3.05, 3.63) is 34.0 Å². The first-order valence-corrected chi connectivity index (χ1v) is 7.31. The fourth-order valence-corrected chi connectivity index (χ4v) is 2.55. The number of furan rings is 1. The molecular formula is C15H20BrNO. The van der Waals surface area contributed by atoms with Gasteiger partial charge in [-0.3, -0.25) is 0 Å². The van der Waals surface area contributed by atoms with E-state index in [2.05, 4.69) is 48.1 Å². The van der Waals surface area contributed by atoms with E-state index >= 15 is 0 Å². The first-order chi connectivity index (χ1) is 8.61. The van der Waals surface area contributed by atoms with E-state index in [0.717, 1.165) is 35.3 Å². The van der Waals surface area contributed by atoms with Gasteiger partial charge in [0.05, 0.1) is 6.54 Å². The van der Waals surface area contributed by atoms with Crippen molar-refractivity contribution in [1.29, 1.82) is 0 Å². The zero-order valence-electron chi connectivity index (χ0n) is 11.2. The second-order valence-electron chi connectivity index (χ2n) is 5.02. The SMILES string of the molecule is CCNCc1oc2ccc(Br)cc2c1CC(C)C. The molecule has 1 heterocycles. The smallest absolute Gasteiger partial charge is 0.134 e. The molecule has 0 atom stereocenters. The van der Waals surface area contributed by atoms with E-state index in [4.69, 9.17) is 4.42 Å². The summed E-state index contributed by atoms with van der Waals surface area (Å²) in [6.45, 7) is 8.37. The molecule has 0 radical (unpaired) electrons. The number of nitrogens with one attached hydrogen (secondary N) is 1. The molecule has 1 N–H and O–H groups in total. The molecule has 2 aromatic rings. The molecule has 0 aliphatic rings. The van der Waals surface area contributed by atoms with Gasteiger partial charge in [-0.25, -0.2) is 0 Å². The van der Waals surface area contributed by atoms with E-state index in [0.29, 0.717) is 5.92 Å². The summed E-state index contributed by atoms with van der Waals surface area (Å²) < 4.78 is 7.08. The zero-order chi connectivity index (χ0) is 13.1. The summed E-state index contributed by atoms with van der Waals surface area (Å²) in [7, 11) is 0. The highest BCUT2D eigenvalue weighted by Crippen LogP contribution is 2.30. The van der Waals surface area contributed by atoms with Crippen LogP contribution >= 0.6 is 15.9 Å². The predicted molar refractivity (Wildman–Crippen MR) is 79.8 cm³/mol. The van der Waals surface area contributed by atoms with Crippen molar-refractivity contribution in [3.8, 4) is 0 Å². The summed E-state index contributed by atoms with van der Waals surface area (Å²) in [5.74, 6) is 1.71. The van der Waals surface area contributed by atoms with Crippen LogP contribution in [-0.4, -0.2) is 6.54 Å². The first kappa shape index (κ1) is 13.6. The number of benzene rings is 1. The molecule has 0 bridgehead atoms. The normalized spacial score (nSPS) is 11.6.